The first-order chi connectivity index (χ1) is 7.55. The average molecular weight is 215 g/mol. The Kier molecular flexibility index (Phi) is 2.82. The molecule has 1 aromatic heterocycles. The smallest absolute Gasteiger partial charge is 0.233 e. The van der Waals surface area contributed by atoms with Crippen LogP contribution < -0.4 is 4.57 Å². The fourth-order valence-electron chi connectivity index (χ4n) is 1.68. The predicted molar refractivity (Wildman–Crippen MR) is 65.2 cm³/mol. The van der Waals surface area contributed by atoms with Gasteiger partial charge in [0.25, 0.3) is 0 Å². The minimum atomic E-state index is 0.155. The summed E-state index contributed by atoms with van der Waals surface area (Å²) in [6.07, 6.45) is 6.41. The van der Waals surface area contributed by atoms with Gasteiger partial charge < -0.3 is 0 Å². The highest BCUT2D eigenvalue weighted by molar-refractivity contribution is 5.13. The molecule has 0 unspecified atom stereocenters. The quantitative estimate of drug-likeness (QED) is 0.681. The molecule has 2 nitrogen and oxygen atoms in total. The lowest BCUT2D eigenvalue weighted by atomic mass is 10.1. The minimum Gasteiger partial charge on any atom is -0.233 e. The number of rotatable bonds is 2. The molecule has 0 fully saturated rings. The van der Waals surface area contributed by atoms with Crippen LogP contribution in [0.4, 0.5) is 0 Å². The molecule has 0 amide bonds. The van der Waals surface area contributed by atoms with Gasteiger partial charge in [-0.15, -0.1) is 0 Å². The highest BCUT2D eigenvalue weighted by Gasteiger charge is 2.18. The molecule has 0 spiro atoms. The molecule has 0 bridgehead atoms. The number of imidazole rings is 1. The molecule has 0 radical (unpaired) electrons. The Balaban J connectivity index is 2.15. The summed E-state index contributed by atoms with van der Waals surface area (Å²) in [7, 11) is 0. The van der Waals surface area contributed by atoms with E-state index in [0.29, 0.717) is 0 Å². The number of nitrogens with zero attached hydrogens (tertiary/aromatic N) is 2. The summed E-state index contributed by atoms with van der Waals surface area (Å²) >= 11 is 0. The van der Waals surface area contributed by atoms with Gasteiger partial charge in [-0.3, -0.25) is 0 Å². The van der Waals surface area contributed by atoms with E-state index in [0.717, 1.165) is 6.54 Å². The van der Waals surface area contributed by atoms with Crippen LogP contribution >= 0.6 is 0 Å². The van der Waals surface area contributed by atoms with Gasteiger partial charge in [0, 0.05) is 0 Å². The lowest BCUT2D eigenvalue weighted by Crippen LogP contribution is -2.33. The van der Waals surface area contributed by atoms with Crippen molar-refractivity contribution in [1.29, 1.82) is 0 Å². The normalized spacial score (nSPS) is 11.7. The zero-order valence-electron chi connectivity index (χ0n) is 10.2. The highest BCUT2D eigenvalue weighted by Crippen LogP contribution is 2.11. The van der Waals surface area contributed by atoms with Crippen molar-refractivity contribution in [2.24, 2.45) is 0 Å². The number of aromatic nitrogens is 2. The summed E-state index contributed by atoms with van der Waals surface area (Å²) in [4.78, 5) is 0. The summed E-state index contributed by atoms with van der Waals surface area (Å²) in [5, 5.41) is 0. The van der Waals surface area contributed by atoms with Crippen molar-refractivity contribution in [3.05, 3.63) is 54.6 Å². The van der Waals surface area contributed by atoms with Crippen LogP contribution in [0.25, 0.3) is 0 Å². The lowest BCUT2D eigenvalue weighted by molar-refractivity contribution is -0.688. The van der Waals surface area contributed by atoms with Crippen LogP contribution in [-0.2, 0) is 12.1 Å². The van der Waals surface area contributed by atoms with Crippen LogP contribution in [0.15, 0.2) is 49.1 Å². The standard InChI is InChI=1S/C14H19N2/c1-14(2,3)16-10-9-15(12-16)11-13-7-5-4-6-8-13/h4-10,12H,11H2,1-3H3/q+1. The van der Waals surface area contributed by atoms with Crippen LogP contribution in [0.3, 0.4) is 0 Å². The molecule has 1 aromatic carbocycles. The molecule has 0 atom stereocenters. The summed E-state index contributed by atoms with van der Waals surface area (Å²) in [5.41, 5.74) is 1.49. The maximum absolute atomic E-state index is 2.23. The van der Waals surface area contributed by atoms with Gasteiger partial charge in [-0.25, -0.2) is 9.13 Å². The number of hydrogen-bond acceptors (Lipinski definition) is 0. The Morgan fingerprint density at radius 3 is 2.38 bits per heavy atom. The lowest BCUT2D eigenvalue weighted by Gasteiger charge is -2.13. The zero-order valence-corrected chi connectivity index (χ0v) is 10.2. The number of hydrogen-bond donors (Lipinski definition) is 0. The van der Waals surface area contributed by atoms with E-state index in [1.54, 1.807) is 0 Å². The van der Waals surface area contributed by atoms with Gasteiger partial charge in [0.05, 0.1) is 0 Å². The van der Waals surface area contributed by atoms with E-state index in [1.165, 1.54) is 5.56 Å². The van der Waals surface area contributed by atoms with Crippen molar-refractivity contribution in [3.63, 3.8) is 0 Å². The first-order valence-electron chi connectivity index (χ1n) is 5.67. The Morgan fingerprint density at radius 2 is 1.81 bits per heavy atom. The highest BCUT2D eigenvalue weighted by atomic mass is 15.1. The first kappa shape index (κ1) is 10.9. The third-order valence-corrected chi connectivity index (χ3v) is 2.67. The summed E-state index contributed by atoms with van der Waals surface area (Å²) in [6, 6.07) is 10.5. The fourth-order valence-corrected chi connectivity index (χ4v) is 1.68. The molecule has 0 saturated heterocycles. The largest absolute Gasteiger partial charge is 0.244 e. The molecule has 0 aliphatic heterocycles. The van der Waals surface area contributed by atoms with E-state index in [4.69, 9.17) is 0 Å². The van der Waals surface area contributed by atoms with Gasteiger partial charge in [-0.05, 0) is 26.3 Å². The topological polar surface area (TPSA) is 8.81 Å². The molecular formula is C14H19N2+. The van der Waals surface area contributed by atoms with Gasteiger partial charge in [-0.1, -0.05) is 30.3 Å². The molecule has 0 aliphatic carbocycles. The van der Waals surface area contributed by atoms with Crippen LogP contribution in [0, 0.1) is 0 Å². The van der Waals surface area contributed by atoms with Crippen molar-refractivity contribution in [2.75, 3.05) is 0 Å². The molecule has 0 saturated carbocycles. The van der Waals surface area contributed by atoms with Crippen LogP contribution in [-0.4, -0.2) is 4.57 Å². The van der Waals surface area contributed by atoms with Crippen LogP contribution in [0.2, 0.25) is 0 Å². The second-order valence-electron chi connectivity index (χ2n) is 5.15. The SMILES string of the molecule is CC(C)(C)n1cc[n+](Cc2ccccc2)c1. The van der Waals surface area contributed by atoms with Crippen LogP contribution in [0.1, 0.15) is 26.3 Å². The summed E-state index contributed by atoms with van der Waals surface area (Å²) in [6.45, 7) is 7.56. The van der Waals surface area contributed by atoms with E-state index < -0.39 is 0 Å². The van der Waals surface area contributed by atoms with Crippen molar-refractivity contribution < 1.29 is 4.57 Å². The summed E-state index contributed by atoms with van der Waals surface area (Å²) in [5.74, 6) is 0. The minimum absolute atomic E-state index is 0.155. The molecule has 2 heteroatoms. The van der Waals surface area contributed by atoms with Gasteiger partial charge >= 0.3 is 0 Å². The Labute approximate surface area is 97.2 Å². The van der Waals surface area contributed by atoms with Gasteiger partial charge in [0.1, 0.15) is 24.5 Å². The molecule has 1 heterocycles. The Morgan fingerprint density at radius 1 is 1.12 bits per heavy atom. The van der Waals surface area contributed by atoms with E-state index in [-0.39, 0.29) is 5.54 Å². The second-order valence-corrected chi connectivity index (χ2v) is 5.15. The molecule has 2 rings (SSSR count). The van der Waals surface area contributed by atoms with E-state index in [2.05, 4.69) is 79.0 Å². The third kappa shape index (κ3) is 2.51. The average Bonchev–Trinajstić information content (AvgIpc) is 2.67. The van der Waals surface area contributed by atoms with Crippen molar-refractivity contribution in [3.8, 4) is 0 Å². The van der Waals surface area contributed by atoms with Crippen LogP contribution in [0.5, 0.6) is 0 Å². The second kappa shape index (κ2) is 4.12. The van der Waals surface area contributed by atoms with E-state index >= 15 is 0 Å². The Hall–Kier alpha value is -1.57. The van der Waals surface area contributed by atoms with E-state index in [1.807, 2.05) is 0 Å². The van der Waals surface area contributed by atoms with Gasteiger partial charge in [0.15, 0.2) is 0 Å². The van der Waals surface area contributed by atoms with Crippen molar-refractivity contribution in [2.45, 2.75) is 32.9 Å². The predicted octanol–water partition coefficient (Wildman–Crippen LogP) is 2.58. The van der Waals surface area contributed by atoms with E-state index in [9.17, 15) is 0 Å². The number of benzene rings is 1. The first-order valence-corrected chi connectivity index (χ1v) is 5.67. The maximum atomic E-state index is 2.23. The third-order valence-electron chi connectivity index (χ3n) is 2.67. The summed E-state index contributed by atoms with van der Waals surface area (Å²) < 4.78 is 4.44. The molecule has 0 N–H and O–H groups in total. The maximum Gasteiger partial charge on any atom is 0.244 e. The van der Waals surface area contributed by atoms with Crippen molar-refractivity contribution in [1.82, 2.24) is 4.57 Å². The van der Waals surface area contributed by atoms with Gasteiger partial charge in [0.2, 0.25) is 6.33 Å². The molecule has 2 aromatic rings. The molecule has 0 aliphatic rings. The monoisotopic (exact) mass is 215 g/mol. The van der Waals surface area contributed by atoms with Gasteiger partial charge in [-0.2, -0.15) is 0 Å². The van der Waals surface area contributed by atoms with Crippen molar-refractivity contribution >= 4 is 0 Å². The fraction of sp³-hybridized carbons (Fsp3) is 0.357. The molecule has 84 valence electrons. The zero-order chi connectivity index (χ0) is 11.6. The Bertz CT molecular complexity index is 449. The molecule has 16 heavy (non-hydrogen) atoms. The molecular weight excluding hydrogens is 196 g/mol.